The predicted octanol–water partition coefficient (Wildman–Crippen LogP) is 2.29. The molecule has 1 atom stereocenters. The smallest absolute Gasteiger partial charge is 0.290 e. The molecular weight excluding hydrogens is 289 g/mol. The van der Waals surface area contributed by atoms with Gasteiger partial charge in [-0.3, -0.25) is 14.8 Å². The number of hydrogen-bond donors (Lipinski definition) is 2. The van der Waals surface area contributed by atoms with Crippen molar-refractivity contribution >= 4 is 18.9 Å². The molecule has 0 amide bonds. The maximum absolute atomic E-state index is 11.3. The quantitative estimate of drug-likeness (QED) is 0.508. The first-order valence-electron chi connectivity index (χ1n) is 6.12. The molecule has 0 aromatic heterocycles. The summed E-state index contributed by atoms with van der Waals surface area (Å²) in [7, 11) is 3.54. The van der Waals surface area contributed by atoms with Crippen molar-refractivity contribution in [3.05, 3.63) is 48.3 Å². The predicted molar refractivity (Wildman–Crippen MR) is 85.9 cm³/mol. The van der Waals surface area contributed by atoms with Gasteiger partial charge >= 0.3 is 0 Å². The maximum atomic E-state index is 11.3. The van der Waals surface area contributed by atoms with Crippen LogP contribution in [0, 0.1) is 5.41 Å². The molecule has 6 nitrogen and oxygen atoms in total. The van der Waals surface area contributed by atoms with Crippen molar-refractivity contribution in [2.24, 2.45) is 0 Å². The second-order valence-corrected chi connectivity index (χ2v) is 6.61. The molecule has 21 heavy (non-hydrogen) atoms. The van der Waals surface area contributed by atoms with E-state index in [1.807, 2.05) is 28.2 Å². The van der Waals surface area contributed by atoms with Gasteiger partial charge in [-0.15, -0.1) is 0 Å². The highest BCUT2D eigenvalue weighted by molar-refractivity contribution is 7.78. The molecule has 0 saturated carbocycles. The van der Waals surface area contributed by atoms with Gasteiger partial charge < -0.3 is 14.7 Å². The Hall–Kier alpha value is -1.91. The minimum atomic E-state index is -3.86. The lowest BCUT2D eigenvalue weighted by atomic mass is 10.2. The van der Waals surface area contributed by atoms with Crippen LogP contribution in [0.5, 0.6) is 0 Å². The average molecular weight is 311 g/mol. The van der Waals surface area contributed by atoms with E-state index < -0.39 is 12.9 Å². The fourth-order valence-electron chi connectivity index (χ4n) is 1.25. The fraction of sp³-hybridized carbons (Fsp3) is 0.286. The third-order valence-electron chi connectivity index (χ3n) is 2.41. The number of nitrogens with zero attached hydrogens (tertiary/aromatic N) is 2. The molecular formula is C14H22N3O3P. The Kier molecular flexibility index (Phi) is 7.63. The third-order valence-corrected chi connectivity index (χ3v) is 3.74. The molecule has 1 rings (SSSR count). The molecule has 1 aromatic carbocycles. The van der Waals surface area contributed by atoms with Gasteiger partial charge in [0.1, 0.15) is 0 Å². The van der Waals surface area contributed by atoms with Crippen LogP contribution >= 0.6 is 7.37 Å². The Morgan fingerprint density at radius 3 is 1.90 bits per heavy atom. The van der Waals surface area contributed by atoms with Crippen molar-refractivity contribution in [1.82, 2.24) is 9.80 Å². The summed E-state index contributed by atoms with van der Waals surface area (Å²) in [5, 5.41) is 7.25. The monoisotopic (exact) mass is 311 g/mol. The minimum absolute atomic E-state index is 0.230. The number of hydrogen-bond acceptors (Lipinski definition) is 3. The van der Waals surface area contributed by atoms with Crippen molar-refractivity contribution in [2.45, 2.75) is 0 Å². The molecule has 2 N–H and O–H groups in total. The van der Waals surface area contributed by atoms with Crippen molar-refractivity contribution < 1.29 is 14.3 Å². The zero-order valence-corrected chi connectivity index (χ0v) is 13.7. The van der Waals surface area contributed by atoms with Crippen LogP contribution in [0.4, 0.5) is 0 Å². The molecule has 0 aliphatic carbocycles. The van der Waals surface area contributed by atoms with Gasteiger partial charge in [0, 0.05) is 39.6 Å². The van der Waals surface area contributed by atoms with Crippen LogP contribution in [-0.4, -0.2) is 54.4 Å². The molecule has 0 bridgehead atoms. The lowest BCUT2D eigenvalue weighted by molar-refractivity contribution is 0.106. The van der Waals surface area contributed by atoms with Gasteiger partial charge in [0.05, 0.1) is 0 Å². The first-order chi connectivity index (χ1) is 9.63. The van der Waals surface area contributed by atoms with E-state index >= 15 is 0 Å². The Morgan fingerprint density at radius 1 is 1.19 bits per heavy atom. The molecule has 1 unspecified atom stereocenters. The van der Waals surface area contributed by atoms with E-state index in [1.165, 1.54) is 12.1 Å². The van der Waals surface area contributed by atoms with Crippen molar-refractivity contribution in [2.75, 3.05) is 28.2 Å². The van der Waals surface area contributed by atoms with E-state index in [2.05, 4.69) is 6.58 Å². The van der Waals surface area contributed by atoms with Crippen LogP contribution in [-0.2, 0) is 4.57 Å². The first kappa shape index (κ1) is 19.1. The van der Waals surface area contributed by atoms with Gasteiger partial charge in [-0.25, -0.2) is 0 Å². The average Bonchev–Trinajstić information content (AvgIpc) is 2.46. The van der Waals surface area contributed by atoms with Crippen LogP contribution in [0.15, 0.2) is 42.7 Å². The summed E-state index contributed by atoms with van der Waals surface area (Å²) in [6.45, 7) is 3.14. The Bertz CT molecular complexity index is 532. The summed E-state index contributed by atoms with van der Waals surface area (Å²) in [6.07, 6.45) is 0. The largest absolute Gasteiger partial charge is 0.349 e. The highest BCUT2D eigenvalue weighted by Crippen LogP contribution is 2.44. The zero-order valence-electron chi connectivity index (χ0n) is 12.8. The van der Waals surface area contributed by atoms with E-state index in [1.54, 1.807) is 28.0 Å². The van der Waals surface area contributed by atoms with Crippen molar-refractivity contribution in [1.29, 1.82) is 5.41 Å². The highest BCUT2D eigenvalue weighted by Gasteiger charge is 2.25. The SMILES string of the molecule is C=CP(=O)(O)C(=O)c1ccccc1.CN(C)C(=N)N(C)C. The highest BCUT2D eigenvalue weighted by atomic mass is 31.2. The van der Waals surface area contributed by atoms with Crippen LogP contribution in [0.1, 0.15) is 10.4 Å². The fourth-order valence-corrected chi connectivity index (χ4v) is 1.93. The molecule has 0 heterocycles. The summed E-state index contributed by atoms with van der Waals surface area (Å²) in [5.41, 5.74) is -0.545. The molecule has 0 radical (unpaired) electrons. The van der Waals surface area contributed by atoms with Gasteiger partial charge in [-0.05, 0) is 0 Å². The molecule has 0 spiro atoms. The zero-order chi connectivity index (χ0) is 16.6. The van der Waals surface area contributed by atoms with Gasteiger partial charge in [0.15, 0.2) is 5.96 Å². The van der Waals surface area contributed by atoms with E-state index in [4.69, 9.17) is 10.3 Å². The normalized spacial score (nSPS) is 12.2. The van der Waals surface area contributed by atoms with Gasteiger partial charge in [-0.1, -0.05) is 36.9 Å². The molecule has 0 aliphatic heterocycles. The van der Waals surface area contributed by atoms with Crippen molar-refractivity contribution in [3.8, 4) is 0 Å². The summed E-state index contributed by atoms with van der Waals surface area (Å²) in [4.78, 5) is 23.9. The topological polar surface area (TPSA) is 84.7 Å². The number of nitrogens with one attached hydrogen (secondary N) is 1. The third kappa shape index (κ3) is 6.38. The number of guanidine groups is 1. The molecule has 1 aromatic rings. The van der Waals surface area contributed by atoms with Gasteiger partial charge in [0.2, 0.25) is 0 Å². The van der Waals surface area contributed by atoms with Crippen LogP contribution in [0.3, 0.4) is 0 Å². The lowest BCUT2D eigenvalue weighted by Crippen LogP contribution is -2.34. The molecule has 0 fully saturated rings. The van der Waals surface area contributed by atoms with E-state index in [0.717, 1.165) is 5.82 Å². The number of carbonyl (C=O) groups excluding carboxylic acids is 1. The van der Waals surface area contributed by atoms with Gasteiger partial charge in [0.25, 0.3) is 12.9 Å². The summed E-state index contributed by atoms with van der Waals surface area (Å²) >= 11 is 0. The maximum Gasteiger partial charge on any atom is 0.290 e. The van der Waals surface area contributed by atoms with E-state index in [9.17, 15) is 9.36 Å². The molecule has 7 heteroatoms. The lowest BCUT2D eigenvalue weighted by Gasteiger charge is -2.19. The number of carbonyl (C=O) groups is 1. The van der Waals surface area contributed by atoms with E-state index in [0.29, 0.717) is 5.96 Å². The first-order valence-corrected chi connectivity index (χ1v) is 7.85. The Labute approximate surface area is 125 Å². The van der Waals surface area contributed by atoms with E-state index in [-0.39, 0.29) is 5.56 Å². The number of benzene rings is 1. The number of rotatable bonds is 3. The molecule has 0 saturated heterocycles. The van der Waals surface area contributed by atoms with Crippen LogP contribution in [0.25, 0.3) is 0 Å². The Balaban J connectivity index is 0.000000433. The Morgan fingerprint density at radius 2 is 1.62 bits per heavy atom. The van der Waals surface area contributed by atoms with Gasteiger partial charge in [-0.2, -0.15) is 0 Å². The standard InChI is InChI=1S/C9H9O3P.C5H13N3/c1-2-13(11,12)9(10)8-6-4-3-5-7-8;1-7(2)5(6)8(3)4/h2-7H,1H2,(H,11,12);6H,1-4H3. The summed E-state index contributed by atoms with van der Waals surface area (Å²) in [6, 6.07) is 7.99. The van der Waals surface area contributed by atoms with Crippen molar-refractivity contribution in [3.63, 3.8) is 0 Å². The molecule has 0 aliphatic rings. The molecule has 116 valence electrons. The minimum Gasteiger partial charge on any atom is -0.349 e. The second-order valence-electron chi connectivity index (χ2n) is 4.59. The second kappa shape index (κ2) is 8.39. The summed E-state index contributed by atoms with van der Waals surface area (Å²) < 4.78 is 11.2. The summed E-state index contributed by atoms with van der Waals surface area (Å²) in [5.74, 6) is 1.31. The van der Waals surface area contributed by atoms with Crippen LogP contribution < -0.4 is 0 Å². The van der Waals surface area contributed by atoms with Crippen LogP contribution in [0.2, 0.25) is 0 Å².